The molecule has 122 valence electrons. The van der Waals surface area contributed by atoms with Crippen molar-refractivity contribution in [2.24, 2.45) is 0 Å². The van der Waals surface area contributed by atoms with Gasteiger partial charge in [-0.25, -0.2) is 14.6 Å². The van der Waals surface area contributed by atoms with Crippen molar-refractivity contribution in [1.82, 2.24) is 4.98 Å². The standard InChI is InChI=1S/C18H14ClNO4/c1-10-3-4-14-13(8-16(21)24-17(14)11(10)2)9-23-18(22)12-5-6-20-15(19)7-12/h3-8H,9H2,1-2H3. The Morgan fingerprint density at radius 1 is 1.25 bits per heavy atom. The Bertz CT molecular complexity index is 994. The summed E-state index contributed by atoms with van der Waals surface area (Å²) in [6.07, 6.45) is 1.43. The second kappa shape index (κ2) is 6.45. The van der Waals surface area contributed by atoms with Gasteiger partial charge in [-0.05, 0) is 37.1 Å². The molecule has 0 fully saturated rings. The number of aromatic nitrogens is 1. The maximum absolute atomic E-state index is 12.1. The molecule has 24 heavy (non-hydrogen) atoms. The number of carbonyl (C=O) groups is 1. The summed E-state index contributed by atoms with van der Waals surface area (Å²) in [4.78, 5) is 27.7. The Labute approximate surface area is 142 Å². The van der Waals surface area contributed by atoms with Crippen LogP contribution in [-0.4, -0.2) is 11.0 Å². The lowest BCUT2D eigenvalue weighted by Crippen LogP contribution is -2.08. The summed E-state index contributed by atoms with van der Waals surface area (Å²) in [6.45, 7) is 3.79. The highest BCUT2D eigenvalue weighted by Gasteiger charge is 2.13. The number of esters is 1. The third kappa shape index (κ3) is 3.16. The molecule has 2 heterocycles. The second-order valence-electron chi connectivity index (χ2n) is 5.42. The molecule has 6 heteroatoms. The first-order valence-corrected chi connectivity index (χ1v) is 7.65. The van der Waals surface area contributed by atoms with Crippen molar-refractivity contribution in [2.75, 3.05) is 0 Å². The fourth-order valence-corrected chi connectivity index (χ4v) is 2.57. The Kier molecular flexibility index (Phi) is 4.36. The summed E-state index contributed by atoms with van der Waals surface area (Å²) in [5.74, 6) is -0.537. The second-order valence-corrected chi connectivity index (χ2v) is 5.81. The number of hydrogen-bond donors (Lipinski definition) is 0. The summed E-state index contributed by atoms with van der Waals surface area (Å²) < 4.78 is 10.6. The largest absolute Gasteiger partial charge is 0.457 e. The van der Waals surface area contributed by atoms with Crippen LogP contribution < -0.4 is 5.63 Å². The van der Waals surface area contributed by atoms with Crippen LogP contribution in [0.25, 0.3) is 11.0 Å². The molecule has 0 radical (unpaired) electrons. The molecule has 0 aliphatic carbocycles. The Balaban J connectivity index is 1.92. The number of carbonyl (C=O) groups excluding carboxylic acids is 1. The van der Waals surface area contributed by atoms with Gasteiger partial charge in [0.2, 0.25) is 0 Å². The molecule has 0 amide bonds. The van der Waals surface area contributed by atoms with E-state index in [4.69, 9.17) is 20.8 Å². The van der Waals surface area contributed by atoms with Crippen LogP contribution in [0, 0.1) is 13.8 Å². The van der Waals surface area contributed by atoms with Crippen LogP contribution in [0.4, 0.5) is 0 Å². The van der Waals surface area contributed by atoms with Crippen molar-refractivity contribution in [2.45, 2.75) is 20.5 Å². The van der Waals surface area contributed by atoms with E-state index in [9.17, 15) is 9.59 Å². The van der Waals surface area contributed by atoms with Gasteiger partial charge in [-0.15, -0.1) is 0 Å². The van der Waals surface area contributed by atoms with Crippen molar-refractivity contribution >= 4 is 28.5 Å². The van der Waals surface area contributed by atoms with Gasteiger partial charge in [0.05, 0.1) is 5.56 Å². The van der Waals surface area contributed by atoms with Crippen LogP contribution >= 0.6 is 11.6 Å². The highest BCUT2D eigenvalue weighted by Crippen LogP contribution is 2.24. The lowest BCUT2D eigenvalue weighted by Gasteiger charge is -2.09. The molecule has 0 unspecified atom stereocenters. The van der Waals surface area contributed by atoms with E-state index in [2.05, 4.69) is 4.98 Å². The smallest absolute Gasteiger partial charge is 0.338 e. The minimum Gasteiger partial charge on any atom is -0.457 e. The van der Waals surface area contributed by atoms with E-state index in [1.54, 1.807) is 0 Å². The van der Waals surface area contributed by atoms with Crippen LogP contribution in [0.3, 0.4) is 0 Å². The molecule has 5 nitrogen and oxygen atoms in total. The topological polar surface area (TPSA) is 69.4 Å². The van der Waals surface area contributed by atoms with Crippen LogP contribution in [0.5, 0.6) is 0 Å². The van der Waals surface area contributed by atoms with Crippen molar-refractivity contribution in [1.29, 1.82) is 0 Å². The van der Waals surface area contributed by atoms with Gasteiger partial charge in [-0.1, -0.05) is 23.7 Å². The number of hydrogen-bond acceptors (Lipinski definition) is 5. The molecule has 0 atom stereocenters. The van der Waals surface area contributed by atoms with Crippen LogP contribution in [0.1, 0.15) is 27.0 Å². The lowest BCUT2D eigenvalue weighted by atomic mass is 10.0. The Hall–Kier alpha value is -2.66. The number of nitrogens with zero attached hydrogens (tertiary/aromatic N) is 1. The number of fused-ring (bicyclic) bond motifs is 1. The maximum atomic E-state index is 12.1. The van der Waals surface area contributed by atoms with Gasteiger partial charge in [0.15, 0.2) is 0 Å². The average Bonchev–Trinajstić information content (AvgIpc) is 2.56. The van der Waals surface area contributed by atoms with Crippen LogP contribution in [0.15, 0.2) is 45.7 Å². The minimum absolute atomic E-state index is 0.0383. The number of rotatable bonds is 3. The van der Waals surface area contributed by atoms with Gasteiger partial charge in [-0.2, -0.15) is 0 Å². The van der Waals surface area contributed by atoms with E-state index in [1.807, 2.05) is 26.0 Å². The average molecular weight is 344 g/mol. The minimum atomic E-state index is -0.537. The lowest BCUT2D eigenvalue weighted by molar-refractivity contribution is 0.0473. The van der Waals surface area contributed by atoms with E-state index in [1.165, 1.54) is 24.4 Å². The Morgan fingerprint density at radius 3 is 2.79 bits per heavy atom. The van der Waals surface area contributed by atoms with Gasteiger partial charge in [-0.3, -0.25) is 0 Å². The first kappa shape index (κ1) is 16.2. The fraction of sp³-hybridized carbons (Fsp3) is 0.167. The molecule has 0 aliphatic rings. The van der Waals surface area contributed by atoms with Crippen molar-refractivity contribution in [3.63, 3.8) is 0 Å². The third-order valence-electron chi connectivity index (χ3n) is 3.84. The van der Waals surface area contributed by atoms with Crippen molar-refractivity contribution in [3.05, 3.63) is 74.4 Å². The van der Waals surface area contributed by atoms with E-state index < -0.39 is 11.6 Å². The Morgan fingerprint density at radius 2 is 2.04 bits per heavy atom. The summed E-state index contributed by atoms with van der Waals surface area (Å²) in [6, 6.07) is 8.07. The van der Waals surface area contributed by atoms with E-state index >= 15 is 0 Å². The number of benzene rings is 1. The normalized spacial score (nSPS) is 10.8. The van der Waals surface area contributed by atoms with Gasteiger partial charge in [0, 0.05) is 23.2 Å². The predicted molar refractivity (Wildman–Crippen MR) is 90.3 cm³/mol. The zero-order valence-electron chi connectivity index (χ0n) is 13.1. The van der Waals surface area contributed by atoms with Gasteiger partial charge >= 0.3 is 11.6 Å². The summed E-state index contributed by atoms with van der Waals surface area (Å²) in [7, 11) is 0. The van der Waals surface area contributed by atoms with E-state index in [0.29, 0.717) is 16.7 Å². The quantitative estimate of drug-likeness (QED) is 0.411. The summed E-state index contributed by atoms with van der Waals surface area (Å²) in [5, 5.41) is 0.958. The molecule has 0 saturated heterocycles. The molecule has 3 aromatic rings. The van der Waals surface area contributed by atoms with Crippen LogP contribution in [-0.2, 0) is 11.3 Å². The molecule has 0 N–H and O–H groups in total. The van der Waals surface area contributed by atoms with Gasteiger partial charge < -0.3 is 9.15 Å². The molecule has 1 aromatic carbocycles. The van der Waals surface area contributed by atoms with Gasteiger partial charge in [0.25, 0.3) is 0 Å². The number of halogens is 1. The molecule has 0 aliphatic heterocycles. The van der Waals surface area contributed by atoms with Crippen LogP contribution in [0.2, 0.25) is 5.15 Å². The van der Waals surface area contributed by atoms with E-state index in [-0.39, 0.29) is 11.8 Å². The van der Waals surface area contributed by atoms with E-state index in [0.717, 1.165) is 16.5 Å². The molecular weight excluding hydrogens is 330 g/mol. The highest BCUT2D eigenvalue weighted by molar-refractivity contribution is 6.29. The first-order chi connectivity index (χ1) is 11.5. The molecule has 0 saturated carbocycles. The molecule has 0 bridgehead atoms. The highest BCUT2D eigenvalue weighted by atomic mass is 35.5. The fourth-order valence-electron chi connectivity index (χ4n) is 2.40. The number of pyridine rings is 1. The number of ether oxygens (including phenoxy) is 1. The third-order valence-corrected chi connectivity index (χ3v) is 4.05. The summed E-state index contributed by atoms with van der Waals surface area (Å²) in [5.41, 5.74) is 2.84. The molecule has 0 spiro atoms. The molecule has 2 aromatic heterocycles. The summed E-state index contributed by atoms with van der Waals surface area (Å²) >= 11 is 5.76. The predicted octanol–water partition coefficient (Wildman–Crippen LogP) is 3.82. The zero-order chi connectivity index (χ0) is 17.3. The number of aryl methyl sites for hydroxylation is 2. The monoisotopic (exact) mass is 343 g/mol. The van der Waals surface area contributed by atoms with Crippen molar-refractivity contribution in [3.8, 4) is 0 Å². The maximum Gasteiger partial charge on any atom is 0.338 e. The van der Waals surface area contributed by atoms with Crippen molar-refractivity contribution < 1.29 is 13.9 Å². The first-order valence-electron chi connectivity index (χ1n) is 7.27. The SMILES string of the molecule is Cc1ccc2c(COC(=O)c3ccnc(Cl)c3)cc(=O)oc2c1C. The molecular formula is C18H14ClNO4. The molecule has 3 rings (SSSR count). The zero-order valence-corrected chi connectivity index (χ0v) is 13.9. The van der Waals surface area contributed by atoms with Gasteiger partial charge in [0.1, 0.15) is 17.3 Å².